The number of aromatic hydroxyl groups is 1. The highest BCUT2D eigenvalue weighted by Gasteiger charge is 2.28. The van der Waals surface area contributed by atoms with E-state index in [9.17, 15) is 15.0 Å². The molecule has 0 unspecified atom stereocenters. The number of phenols is 1. The molecule has 3 aromatic rings. The summed E-state index contributed by atoms with van der Waals surface area (Å²) in [6, 6.07) is 9.38. The van der Waals surface area contributed by atoms with E-state index in [2.05, 4.69) is 37.3 Å². The molecule has 0 spiro atoms. The normalized spacial score (nSPS) is 15.4. The van der Waals surface area contributed by atoms with Gasteiger partial charge < -0.3 is 19.7 Å². The molecule has 1 aromatic heterocycles. The van der Waals surface area contributed by atoms with Gasteiger partial charge in [0.05, 0.1) is 15.6 Å². The second-order valence-corrected chi connectivity index (χ2v) is 10.6. The van der Waals surface area contributed by atoms with E-state index in [-0.39, 0.29) is 11.3 Å². The highest BCUT2D eigenvalue weighted by atomic mass is 79.9. The van der Waals surface area contributed by atoms with Crippen LogP contribution in [0.25, 0.3) is 10.9 Å². The summed E-state index contributed by atoms with van der Waals surface area (Å²) in [5.41, 5.74) is 2.53. The number of thioether (sulfide) groups is 1. The molecular weight excluding hydrogens is 526 g/mol. The van der Waals surface area contributed by atoms with E-state index in [1.54, 1.807) is 11.8 Å². The Bertz CT molecular complexity index is 1170. The first kappa shape index (κ1) is 24.4. The van der Waals surface area contributed by atoms with Crippen LogP contribution in [0, 0.1) is 0 Å². The number of carboxylic acid groups (broad SMARTS) is 1. The van der Waals surface area contributed by atoms with Crippen molar-refractivity contribution < 1.29 is 15.0 Å². The van der Waals surface area contributed by atoms with Gasteiger partial charge in [-0.05, 0) is 60.2 Å². The van der Waals surface area contributed by atoms with E-state index >= 15 is 0 Å². The third-order valence-electron chi connectivity index (χ3n) is 6.19. The molecule has 2 heterocycles. The maximum Gasteiger partial charge on any atom is 0.338 e. The molecule has 0 radical (unpaired) electrons. The molecule has 0 saturated carbocycles. The van der Waals surface area contributed by atoms with E-state index < -0.39 is 5.97 Å². The monoisotopic (exact) mass is 551 g/mol. The quantitative estimate of drug-likeness (QED) is 0.376. The van der Waals surface area contributed by atoms with Gasteiger partial charge >= 0.3 is 5.97 Å². The molecule has 1 saturated heterocycles. The molecule has 0 bridgehead atoms. The third-order valence-corrected chi connectivity index (χ3v) is 8.07. The Morgan fingerprint density at radius 1 is 1.18 bits per heavy atom. The van der Waals surface area contributed by atoms with Crippen molar-refractivity contribution in [3.05, 3.63) is 56.6 Å². The minimum absolute atomic E-state index is 0.120. The van der Waals surface area contributed by atoms with Crippen LogP contribution in [-0.2, 0) is 18.8 Å². The molecule has 4 rings (SSSR count). The smallest absolute Gasteiger partial charge is 0.338 e. The Morgan fingerprint density at radius 3 is 2.45 bits per heavy atom. The summed E-state index contributed by atoms with van der Waals surface area (Å²) >= 11 is 11.1. The number of hydrogen-bond acceptors (Lipinski definition) is 5. The predicted molar refractivity (Wildman–Crippen MR) is 138 cm³/mol. The Hall–Kier alpha value is -1.71. The van der Waals surface area contributed by atoms with E-state index in [0.29, 0.717) is 39.3 Å². The van der Waals surface area contributed by atoms with E-state index in [1.807, 2.05) is 37.3 Å². The van der Waals surface area contributed by atoms with Gasteiger partial charge in [0.1, 0.15) is 5.75 Å². The maximum absolute atomic E-state index is 12.6. The van der Waals surface area contributed by atoms with Crippen LogP contribution in [0.5, 0.6) is 5.75 Å². The van der Waals surface area contributed by atoms with Gasteiger partial charge in [-0.2, -0.15) is 0 Å². The summed E-state index contributed by atoms with van der Waals surface area (Å²) < 4.78 is 2.64. The number of piperazine rings is 1. The van der Waals surface area contributed by atoms with Gasteiger partial charge in [0.15, 0.2) is 0 Å². The second kappa shape index (κ2) is 10.3. The SMILES string of the molecule is CCn1c(CSc2ccc(Cl)cc2)c(C(=O)O)c2c(CN3CCN(C)CC3)c(O)c(Br)cc21. The highest BCUT2D eigenvalue weighted by Crippen LogP contribution is 2.41. The van der Waals surface area contributed by atoms with Crippen LogP contribution in [0.15, 0.2) is 39.7 Å². The van der Waals surface area contributed by atoms with Crippen molar-refractivity contribution >= 4 is 56.2 Å². The number of aryl methyl sites for hydroxylation is 1. The molecular formula is C24H27BrClN3O3S. The number of phenolic OH excluding ortho intramolecular Hbond substituents is 1. The summed E-state index contributed by atoms with van der Waals surface area (Å²) in [5, 5.41) is 22.6. The summed E-state index contributed by atoms with van der Waals surface area (Å²) in [4.78, 5) is 18.1. The molecule has 2 aromatic carbocycles. The molecule has 1 aliphatic heterocycles. The molecule has 33 heavy (non-hydrogen) atoms. The maximum atomic E-state index is 12.6. The molecule has 176 valence electrons. The van der Waals surface area contributed by atoms with Crippen LogP contribution < -0.4 is 0 Å². The summed E-state index contributed by atoms with van der Waals surface area (Å²) in [7, 11) is 2.10. The topological polar surface area (TPSA) is 68.9 Å². The van der Waals surface area contributed by atoms with Crippen molar-refractivity contribution in [1.82, 2.24) is 14.4 Å². The predicted octanol–water partition coefficient (Wildman–Crippen LogP) is 5.52. The lowest BCUT2D eigenvalue weighted by Gasteiger charge is -2.32. The van der Waals surface area contributed by atoms with Crippen molar-refractivity contribution in [3.8, 4) is 5.75 Å². The zero-order valence-corrected chi connectivity index (χ0v) is 21.8. The Balaban J connectivity index is 1.81. The van der Waals surface area contributed by atoms with Crippen LogP contribution >= 0.6 is 39.3 Å². The van der Waals surface area contributed by atoms with Crippen LogP contribution in [-0.4, -0.2) is 63.8 Å². The van der Waals surface area contributed by atoms with Crippen molar-refractivity contribution in [3.63, 3.8) is 0 Å². The number of aromatic carboxylic acids is 1. The average Bonchev–Trinajstić information content (AvgIpc) is 3.10. The van der Waals surface area contributed by atoms with Gasteiger partial charge in [-0.15, -0.1) is 11.8 Å². The van der Waals surface area contributed by atoms with Crippen LogP contribution in [0.2, 0.25) is 5.02 Å². The van der Waals surface area contributed by atoms with Gasteiger partial charge in [0.2, 0.25) is 0 Å². The lowest BCUT2D eigenvalue weighted by Crippen LogP contribution is -2.43. The lowest BCUT2D eigenvalue weighted by molar-refractivity contribution is 0.0697. The van der Waals surface area contributed by atoms with Gasteiger partial charge in [-0.1, -0.05) is 11.6 Å². The van der Waals surface area contributed by atoms with Crippen LogP contribution in [0.4, 0.5) is 0 Å². The first-order chi connectivity index (χ1) is 15.8. The number of aromatic nitrogens is 1. The summed E-state index contributed by atoms with van der Waals surface area (Å²) in [5.74, 6) is -0.354. The zero-order valence-electron chi connectivity index (χ0n) is 18.6. The second-order valence-electron chi connectivity index (χ2n) is 8.27. The Morgan fingerprint density at radius 2 is 1.85 bits per heavy atom. The third kappa shape index (κ3) is 5.05. The molecule has 2 N–H and O–H groups in total. The average molecular weight is 553 g/mol. The van der Waals surface area contributed by atoms with E-state index in [1.165, 1.54) is 0 Å². The molecule has 1 aliphatic rings. The molecule has 6 nitrogen and oxygen atoms in total. The van der Waals surface area contributed by atoms with Crippen molar-refractivity contribution in [2.75, 3.05) is 33.2 Å². The first-order valence-electron chi connectivity index (χ1n) is 10.9. The molecule has 9 heteroatoms. The summed E-state index contributed by atoms with van der Waals surface area (Å²) in [6.07, 6.45) is 0. The van der Waals surface area contributed by atoms with Crippen LogP contribution in [0.3, 0.4) is 0 Å². The Labute approximate surface area is 211 Å². The number of carbonyl (C=O) groups is 1. The minimum Gasteiger partial charge on any atom is -0.506 e. The largest absolute Gasteiger partial charge is 0.506 e. The fourth-order valence-corrected chi connectivity index (χ4v) is 5.92. The highest BCUT2D eigenvalue weighted by molar-refractivity contribution is 9.10. The molecule has 0 aliphatic carbocycles. The fourth-order valence-electron chi connectivity index (χ4n) is 4.40. The molecule has 0 amide bonds. The molecule has 0 atom stereocenters. The number of carboxylic acids is 1. The first-order valence-corrected chi connectivity index (χ1v) is 13.0. The summed E-state index contributed by atoms with van der Waals surface area (Å²) in [6.45, 7) is 6.80. The van der Waals surface area contributed by atoms with Gasteiger partial charge in [0, 0.05) is 71.6 Å². The number of halogens is 2. The van der Waals surface area contributed by atoms with E-state index in [0.717, 1.165) is 42.3 Å². The van der Waals surface area contributed by atoms with Gasteiger partial charge in [-0.3, -0.25) is 4.90 Å². The number of hydrogen-bond donors (Lipinski definition) is 2. The number of rotatable bonds is 7. The molecule has 1 fully saturated rings. The zero-order chi connectivity index (χ0) is 23.7. The minimum atomic E-state index is -0.972. The number of likely N-dealkylation sites (N-methyl/N-ethyl adjacent to an activating group) is 1. The number of nitrogens with zero attached hydrogens (tertiary/aromatic N) is 3. The standard InChI is InChI=1S/C24H27BrClN3O3S/c1-3-29-19-12-18(25)23(30)17(13-28-10-8-27(2)9-11-28)21(19)22(24(31)32)20(29)14-33-16-6-4-15(26)5-7-16/h4-7,12,30H,3,8-11,13-14H2,1-2H3,(H,31,32). The van der Waals surface area contributed by atoms with Crippen LogP contribution in [0.1, 0.15) is 28.5 Å². The lowest BCUT2D eigenvalue weighted by atomic mass is 10.0. The fraction of sp³-hybridized carbons (Fsp3) is 0.375. The van der Waals surface area contributed by atoms with Crippen molar-refractivity contribution in [1.29, 1.82) is 0 Å². The van der Waals surface area contributed by atoms with Crippen molar-refractivity contribution in [2.45, 2.75) is 30.7 Å². The van der Waals surface area contributed by atoms with Crippen molar-refractivity contribution in [2.24, 2.45) is 0 Å². The van der Waals surface area contributed by atoms with Gasteiger partial charge in [-0.25, -0.2) is 4.79 Å². The van der Waals surface area contributed by atoms with E-state index in [4.69, 9.17) is 11.6 Å². The van der Waals surface area contributed by atoms with Gasteiger partial charge in [0.25, 0.3) is 0 Å². The number of benzene rings is 2. The number of fused-ring (bicyclic) bond motifs is 1. The Kier molecular flexibility index (Phi) is 7.60.